The number of hydrogen-bond donors (Lipinski definition) is 0. The quantitative estimate of drug-likeness (QED) is 0.734. The minimum Gasteiger partial charge on any atom is -0.437 e. The lowest BCUT2D eigenvalue weighted by atomic mass is 10.1. The van der Waals surface area contributed by atoms with E-state index >= 15 is 0 Å². The second-order valence-corrected chi connectivity index (χ2v) is 7.73. The molecule has 1 aromatic carbocycles. The Labute approximate surface area is 168 Å². The summed E-state index contributed by atoms with van der Waals surface area (Å²) in [6.07, 6.45) is -5.20. The number of benzene rings is 1. The van der Waals surface area contributed by atoms with Gasteiger partial charge in [-0.2, -0.15) is 13.2 Å². The van der Waals surface area contributed by atoms with Crippen LogP contribution < -0.4 is 4.90 Å². The number of halogens is 4. The number of piperazine rings is 1. The van der Waals surface area contributed by atoms with E-state index in [0.29, 0.717) is 37.7 Å². The van der Waals surface area contributed by atoms with Gasteiger partial charge in [-0.1, -0.05) is 11.6 Å². The van der Waals surface area contributed by atoms with Gasteiger partial charge in [-0.05, 0) is 43.5 Å². The lowest BCUT2D eigenvalue weighted by Gasteiger charge is -2.35. The Morgan fingerprint density at radius 3 is 2.39 bits per heavy atom. The molecule has 1 aromatic rings. The largest absolute Gasteiger partial charge is 0.437 e. The number of nitrogens with zero attached hydrogens (tertiary/aromatic N) is 3. The first-order chi connectivity index (χ1) is 13.2. The Bertz CT molecular complexity index is 687. The summed E-state index contributed by atoms with van der Waals surface area (Å²) in [5.74, 6) is 0. The summed E-state index contributed by atoms with van der Waals surface area (Å²) in [5.41, 5.74) is 2.32. The third-order valence-corrected chi connectivity index (χ3v) is 5.49. The fourth-order valence-electron chi connectivity index (χ4n) is 3.57. The molecule has 5 nitrogen and oxygen atoms in total. The van der Waals surface area contributed by atoms with Gasteiger partial charge in [-0.15, -0.1) is 0 Å². The van der Waals surface area contributed by atoms with Crippen LogP contribution in [0.4, 0.5) is 23.7 Å². The zero-order chi connectivity index (χ0) is 20.3. The molecule has 28 heavy (non-hydrogen) atoms. The standard InChI is InChI=1S/C19H25ClF3N3O2/c1-14(19(21,22)23)28-18(27)26-10-8-24(9-11-26)13-15-12-16(20)4-5-17(15)25-6-2-3-7-25/h4-5,12,14H,2-3,6-11,13H2,1H3. The molecule has 0 aromatic heterocycles. The number of ether oxygens (including phenoxy) is 1. The lowest BCUT2D eigenvalue weighted by molar-refractivity contribution is -0.200. The van der Waals surface area contributed by atoms with Gasteiger partial charge in [0, 0.05) is 56.5 Å². The van der Waals surface area contributed by atoms with E-state index in [1.807, 2.05) is 12.1 Å². The van der Waals surface area contributed by atoms with Gasteiger partial charge in [0.1, 0.15) is 0 Å². The van der Waals surface area contributed by atoms with Crippen LogP contribution in [0.15, 0.2) is 18.2 Å². The van der Waals surface area contributed by atoms with Crippen LogP contribution in [0.25, 0.3) is 0 Å². The Morgan fingerprint density at radius 1 is 1.14 bits per heavy atom. The third kappa shape index (κ3) is 5.23. The van der Waals surface area contributed by atoms with Crippen molar-refractivity contribution in [1.29, 1.82) is 0 Å². The van der Waals surface area contributed by atoms with Gasteiger partial charge in [-0.3, -0.25) is 4.90 Å². The maximum atomic E-state index is 12.6. The molecule has 0 aliphatic carbocycles. The molecule has 0 N–H and O–H groups in total. The molecular formula is C19H25ClF3N3O2. The van der Waals surface area contributed by atoms with E-state index in [9.17, 15) is 18.0 Å². The van der Waals surface area contributed by atoms with E-state index in [4.69, 9.17) is 11.6 Å². The van der Waals surface area contributed by atoms with Crippen molar-refractivity contribution in [2.45, 2.75) is 38.6 Å². The number of amides is 1. The summed E-state index contributed by atoms with van der Waals surface area (Å²) in [4.78, 5) is 17.8. The smallest absolute Gasteiger partial charge is 0.425 e. The second kappa shape index (κ2) is 8.78. The highest BCUT2D eigenvalue weighted by molar-refractivity contribution is 6.30. The molecule has 1 unspecified atom stereocenters. The number of hydrogen-bond acceptors (Lipinski definition) is 4. The first-order valence-electron chi connectivity index (χ1n) is 9.52. The monoisotopic (exact) mass is 419 g/mol. The summed E-state index contributed by atoms with van der Waals surface area (Å²) in [7, 11) is 0. The van der Waals surface area contributed by atoms with Crippen LogP contribution >= 0.6 is 11.6 Å². The molecule has 0 spiro atoms. The topological polar surface area (TPSA) is 36.0 Å². The van der Waals surface area contributed by atoms with Crippen LogP contribution in [0, 0.1) is 0 Å². The average Bonchev–Trinajstić information content (AvgIpc) is 3.16. The van der Waals surface area contributed by atoms with Crippen LogP contribution in [-0.2, 0) is 11.3 Å². The molecule has 0 saturated carbocycles. The number of carbonyl (C=O) groups is 1. The van der Waals surface area contributed by atoms with E-state index in [0.717, 1.165) is 25.6 Å². The summed E-state index contributed by atoms with van der Waals surface area (Å²) in [5, 5.41) is 0.682. The first-order valence-corrected chi connectivity index (χ1v) is 9.90. The highest BCUT2D eigenvalue weighted by Gasteiger charge is 2.40. The van der Waals surface area contributed by atoms with E-state index in [1.165, 1.54) is 23.4 Å². The fraction of sp³-hybridized carbons (Fsp3) is 0.632. The molecule has 0 bridgehead atoms. The number of carbonyl (C=O) groups excluding carboxylic acids is 1. The first kappa shape index (κ1) is 21.0. The van der Waals surface area contributed by atoms with Crippen LogP contribution in [-0.4, -0.2) is 67.4 Å². The van der Waals surface area contributed by atoms with Crippen LogP contribution in [0.2, 0.25) is 5.02 Å². The van der Waals surface area contributed by atoms with E-state index in [-0.39, 0.29) is 0 Å². The molecule has 2 fully saturated rings. The third-order valence-electron chi connectivity index (χ3n) is 5.25. The highest BCUT2D eigenvalue weighted by Crippen LogP contribution is 2.29. The van der Waals surface area contributed by atoms with Gasteiger partial charge in [-0.25, -0.2) is 4.79 Å². The van der Waals surface area contributed by atoms with Gasteiger partial charge in [0.15, 0.2) is 6.10 Å². The lowest BCUT2D eigenvalue weighted by Crippen LogP contribution is -2.49. The Balaban J connectivity index is 1.56. The molecule has 156 valence electrons. The molecule has 2 aliphatic rings. The highest BCUT2D eigenvalue weighted by atomic mass is 35.5. The van der Waals surface area contributed by atoms with Crippen molar-refractivity contribution in [2.24, 2.45) is 0 Å². The van der Waals surface area contributed by atoms with Crippen molar-refractivity contribution >= 4 is 23.4 Å². The molecular weight excluding hydrogens is 395 g/mol. The van der Waals surface area contributed by atoms with Crippen LogP contribution in [0.3, 0.4) is 0 Å². The number of alkyl halides is 3. The Hall–Kier alpha value is -1.67. The second-order valence-electron chi connectivity index (χ2n) is 7.30. The van der Waals surface area contributed by atoms with E-state index in [2.05, 4.69) is 20.6 Å². The predicted molar refractivity (Wildman–Crippen MR) is 102 cm³/mol. The van der Waals surface area contributed by atoms with Crippen molar-refractivity contribution in [3.8, 4) is 0 Å². The van der Waals surface area contributed by atoms with Gasteiger partial charge < -0.3 is 14.5 Å². The zero-order valence-electron chi connectivity index (χ0n) is 15.8. The number of rotatable bonds is 4. The van der Waals surface area contributed by atoms with Gasteiger partial charge >= 0.3 is 12.3 Å². The van der Waals surface area contributed by atoms with Gasteiger partial charge in [0.25, 0.3) is 0 Å². The van der Waals surface area contributed by atoms with E-state index < -0.39 is 18.4 Å². The molecule has 1 amide bonds. The minimum absolute atomic E-state index is 0.336. The average molecular weight is 420 g/mol. The molecule has 1 atom stereocenters. The molecule has 3 rings (SSSR count). The summed E-state index contributed by atoms with van der Waals surface area (Å²) < 4.78 is 42.2. The van der Waals surface area contributed by atoms with E-state index in [1.54, 1.807) is 0 Å². The van der Waals surface area contributed by atoms with Crippen molar-refractivity contribution in [3.63, 3.8) is 0 Å². The molecule has 2 saturated heterocycles. The van der Waals surface area contributed by atoms with Crippen LogP contribution in [0.5, 0.6) is 0 Å². The maximum absolute atomic E-state index is 12.6. The van der Waals surface area contributed by atoms with Crippen molar-refractivity contribution in [1.82, 2.24) is 9.80 Å². The fourth-order valence-corrected chi connectivity index (χ4v) is 3.76. The van der Waals surface area contributed by atoms with Crippen molar-refractivity contribution in [2.75, 3.05) is 44.2 Å². The number of anilines is 1. The molecule has 9 heteroatoms. The Morgan fingerprint density at radius 2 is 1.79 bits per heavy atom. The molecule has 2 aliphatic heterocycles. The van der Waals surface area contributed by atoms with Crippen molar-refractivity contribution < 1.29 is 22.7 Å². The Kier molecular flexibility index (Phi) is 6.60. The zero-order valence-corrected chi connectivity index (χ0v) is 16.6. The molecule has 0 radical (unpaired) electrons. The SMILES string of the molecule is CC(OC(=O)N1CCN(Cc2cc(Cl)ccc2N2CCCC2)CC1)C(F)(F)F. The maximum Gasteiger partial charge on any atom is 0.425 e. The van der Waals surface area contributed by atoms with Crippen LogP contribution in [0.1, 0.15) is 25.3 Å². The summed E-state index contributed by atoms with van der Waals surface area (Å²) >= 11 is 6.19. The molecule has 2 heterocycles. The minimum atomic E-state index is -4.55. The van der Waals surface area contributed by atoms with Gasteiger partial charge in [0.2, 0.25) is 0 Å². The predicted octanol–water partition coefficient (Wildman–Crippen LogP) is 4.15. The summed E-state index contributed by atoms with van der Waals surface area (Å²) in [6.45, 7) is 5.41. The normalized spacial score (nSPS) is 19.8. The van der Waals surface area contributed by atoms with Crippen molar-refractivity contribution in [3.05, 3.63) is 28.8 Å². The summed E-state index contributed by atoms with van der Waals surface area (Å²) in [6, 6.07) is 5.92. The van der Waals surface area contributed by atoms with Gasteiger partial charge in [0.05, 0.1) is 0 Å².